The van der Waals surface area contributed by atoms with Crippen LogP contribution in [0.2, 0.25) is 0 Å². The number of hydrogen-bond donors (Lipinski definition) is 2. The van der Waals surface area contributed by atoms with Crippen molar-refractivity contribution >= 4 is 11.7 Å². The minimum absolute atomic E-state index is 0.168. The van der Waals surface area contributed by atoms with Gasteiger partial charge < -0.3 is 10.4 Å². The first-order valence-electron chi connectivity index (χ1n) is 7.32. The van der Waals surface area contributed by atoms with Crippen LogP contribution in [-0.4, -0.2) is 26.9 Å². The van der Waals surface area contributed by atoms with Crippen molar-refractivity contribution in [1.82, 2.24) is 9.78 Å². The Balaban J connectivity index is 1.64. The molecule has 1 aliphatic rings. The molecule has 2 aromatic rings. The van der Waals surface area contributed by atoms with E-state index in [2.05, 4.69) is 16.5 Å². The van der Waals surface area contributed by atoms with E-state index in [9.17, 15) is 4.79 Å². The number of rotatable bonds is 4. The predicted molar refractivity (Wildman–Crippen MR) is 80.6 cm³/mol. The van der Waals surface area contributed by atoms with Gasteiger partial charge in [-0.1, -0.05) is 6.07 Å². The normalized spacial score (nSPS) is 21.9. The lowest BCUT2D eigenvalue weighted by Gasteiger charge is -2.27. The van der Waals surface area contributed by atoms with Crippen molar-refractivity contribution in [1.29, 1.82) is 0 Å². The Morgan fingerprint density at radius 1 is 1.24 bits per heavy atom. The van der Waals surface area contributed by atoms with Crippen molar-refractivity contribution in [2.24, 2.45) is 5.92 Å². The first-order chi connectivity index (χ1) is 10.2. The van der Waals surface area contributed by atoms with Crippen LogP contribution in [0.25, 0.3) is 5.69 Å². The predicted octanol–water partition coefficient (Wildman–Crippen LogP) is 2.93. The van der Waals surface area contributed by atoms with Crippen LogP contribution < -0.4 is 5.32 Å². The number of carboxylic acids is 1. The van der Waals surface area contributed by atoms with Gasteiger partial charge in [0.15, 0.2) is 0 Å². The maximum Gasteiger partial charge on any atom is 0.306 e. The van der Waals surface area contributed by atoms with E-state index in [-0.39, 0.29) is 5.92 Å². The van der Waals surface area contributed by atoms with Gasteiger partial charge in [0.2, 0.25) is 0 Å². The van der Waals surface area contributed by atoms with Gasteiger partial charge in [0.05, 0.1) is 11.6 Å². The molecular formula is C16H19N3O2. The Labute approximate surface area is 123 Å². The minimum Gasteiger partial charge on any atom is -0.481 e. The van der Waals surface area contributed by atoms with Crippen molar-refractivity contribution in [2.45, 2.75) is 31.7 Å². The average Bonchev–Trinajstić information content (AvgIpc) is 3.02. The fraction of sp³-hybridized carbons (Fsp3) is 0.375. The van der Waals surface area contributed by atoms with E-state index in [4.69, 9.17) is 5.11 Å². The lowest BCUT2D eigenvalue weighted by molar-refractivity contribution is -0.142. The zero-order valence-electron chi connectivity index (χ0n) is 11.8. The van der Waals surface area contributed by atoms with Crippen LogP contribution in [0.15, 0.2) is 42.7 Å². The zero-order chi connectivity index (χ0) is 14.7. The van der Waals surface area contributed by atoms with Gasteiger partial charge in [-0.3, -0.25) is 4.79 Å². The van der Waals surface area contributed by atoms with E-state index in [1.807, 2.05) is 35.1 Å². The smallest absolute Gasteiger partial charge is 0.306 e. The number of nitrogens with zero attached hydrogens (tertiary/aromatic N) is 2. The van der Waals surface area contributed by atoms with Gasteiger partial charge in [-0.2, -0.15) is 5.10 Å². The number of carboxylic acid groups (broad SMARTS) is 1. The third-order valence-electron chi connectivity index (χ3n) is 4.06. The molecule has 1 aliphatic carbocycles. The summed E-state index contributed by atoms with van der Waals surface area (Å²) in [6.07, 6.45) is 6.99. The van der Waals surface area contributed by atoms with E-state index in [0.717, 1.165) is 37.1 Å². The molecule has 0 saturated heterocycles. The third-order valence-corrected chi connectivity index (χ3v) is 4.06. The van der Waals surface area contributed by atoms with Gasteiger partial charge in [0.25, 0.3) is 0 Å². The molecule has 2 N–H and O–H groups in total. The van der Waals surface area contributed by atoms with Crippen LogP contribution in [0.4, 0.5) is 5.69 Å². The molecule has 0 amide bonds. The molecule has 0 spiro atoms. The maximum atomic E-state index is 11.0. The summed E-state index contributed by atoms with van der Waals surface area (Å²) in [6, 6.07) is 10.4. The van der Waals surface area contributed by atoms with Gasteiger partial charge in [0.1, 0.15) is 0 Å². The second-order valence-corrected chi connectivity index (χ2v) is 5.53. The van der Waals surface area contributed by atoms with Gasteiger partial charge in [-0.15, -0.1) is 0 Å². The van der Waals surface area contributed by atoms with Crippen LogP contribution in [0.1, 0.15) is 25.7 Å². The molecule has 1 aromatic heterocycles. The molecule has 0 aliphatic heterocycles. The second kappa shape index (κ2) is 5.99. The Kier molecular flexibility index (Phi) is 3.90. The Morgan fingerprint density at radius 2 is 2.05 bits per heavy atom. The first kappa shape index (κ1) is 13.7. The monoisotopic (exact) mass is 285 g/mol. The molecule has 21 heavy (non-hydrogen) atoms. The summed E-state index contributed by atoms with van der Waals surface area (Å²) in [7, 11) is 0. The van der Waals surface area contributed by atoms with E-state index >= 15 is 0 Å². The SMILES string of the molecule is O=C(O)C1CCC(Nc2cccc(-n3cccn3)c2)CC1. The molecule has 0 atom stereocenters. The van der Waals surface area contributed by atoms with Crippen LogP contribution in [0.3, 0.4) is 0 Å². The highest BCUT2D eigenvalue weighted by atomic mass is 16.4. The number of hydrogen-bond acceptors (Lipinski definition) is 3. The average molecular weight is 285 g/mol. The summed E-state index contributed by atoms with van der Waals surface area (Å²) in [5.41, 5.74) is 2.07. The molecular weight excluding hydrogens is 266 g/mol. The van der Waals surface area contributed by atoms with Crippen molar-refractivity contribution in [3.8, 4) is 5.69 Å². The molecule has 110 valence electrons. The van der Waals surface area contributed by atoms with E-state index in [1.165, 1.54) is 0 Å². The van der Waals surface area contributed by atoms with Crippen LogP contribution in [-0.2, 0) is 4.79 Å². The largest absolute Gasteiger partial charge is 0.481 e. The summed E-state index contributed by atoms with van der Waals surface area (Å²) in [5, 5.41) is 16.8. The number of carbonyl (C=O) groups is 1. The minimum atomic E-state index is -0.658. The highest BCUT2D eigenvalue weighted by Crippen LogP contribution is 2.27. The van der Waals surface area contributed by atoms with E-state index < -0.39 is 5.97 Å². The van der Waals surface area contributed by atoms with Gasteiger partial charge in [-0.25, -0.2) is 4.68 Å². The standard InChI is InChI=1S/C16H19N3O2/c20-16(21)12-5-7-13(8-6-12)18-14-3-1-4-15(11-14)19-10-2-9-17-19/h1-4,9-13,18H,5-8H2,(H,20,21). The molecule has 0 bridgehead atoms. The van der Waals surface area contributed by atoms with Crippen LogP contribution in [0.5, 0.6) is 0 Å². The van der Waals surface area contributed by atoms with Crippen molar-refractivity contribution < 1.29 is 9.90 Å². The molecule has 0 radical (unpaired) electrons. The van der Waals surface area contributed by atoms with Gasteiger partial charge in [0, 0.05) is 24.1 Å². The highest BCUT2D eigenvalue weighted by Gasteiger charge is 2.25. The fourth-order valence-corrected chi connectivity index (χ4v) is 2.88. The summed E-state index contributed by atoms with van der Waals surface area (Å²) < 4.78 is 1.83. The molecule has 3 rings (SSSR count). The molecule has 5 nitrogen and oxygen atoms in total. The summed E-state index contributed by atoms with van der Waals surface area (Å²) in [5.74, 6) is -0.826. The zero-order valence-corrected chi connectivity index (χ0v) is 11.8. The molecule has 1 aromatic carbocycles. The molecule has 1 saturated carbocycles. The Bertz CT molecular complexity index is 602. The highest BCUT2D eigenvalue weighted by molar-refractivity contribution is 5.70. The Morgan fingerprint density at radius 3 is 2.71 bits per heavy atom. The van der Waals surface area contributed by atoms with Crippen molar-refractivity contribution in [3.05, 3.63) is 42.7 Å². The number of anilines is 1. The quantitative estimate of drug-likeness (QED) is 0.906. The maximum absolute atomic E-state index is 11.0. The van der Waals surface area contributed by atoms with Crippen LogP contribution >= 0.6 is 0 Å². The third kappa shape index (κ3) is 3.24. The number of benzene rings is 1. The molecule has 5 heteroatoms. The summed E-state index contributed by atoms with van der Waals surface area (Å²) >= 11 is 0. The van der Waals surface area contributed by atoms with Crippen LogP contribution in [0, 0.1) is 5.92 Å². The van der Waals surface area contributed by atoms with E-state index in [1.54, 1.807) is 6.20 Å². The van der Waals surface area contributed by atoms with Gasteiger partial charge >= 0.3 is 5.97 Å². The molecule has 1 heterocycles. The topological polar surface area (TPSA) is 67.2 Å². The van der Waals surface area contributed by atoms with Crippen molar-refractivity contribution in [3.63, 3.8) is 0 Å². The lowest BCUT2D eigenvalue weighted by atomic mass is 9.86. The second-order valence-electron chi connectivity index (χ2n) is 5.53. The van der Waals surface area contributed by atoms with E-state index in [0.29, 0.717) is 6.04 Å². The molecule has 0 unspecified atom stereocenters. The lowest BCUT2D eigenvalue weighted by Crippen LogP contribution is -2.29. The van der Waals surface area contributed by atoms with Gasteiger partial charge in [-0.05, 0) is 49.9 Å². The van der Waals surface area contributed by atoms with Crippen molar-refractivity contribution in [2.75, 3.05) is 5.32 Å². The summed E-state index contributed by atoms with van der Waals surface area (Å²) in [6.45, 7) is 0. The summed E-state index contributed by atoms with van der Waals surface area (Å²) in [4.78, 5) is 11.0. The Hall–Kier alpha value is -2.30. The molecule has 1 fully saturated rings. The number of aromatic nitrogens is 2. The number of nitrogens with one attached hydrogen (secondary N) is 1. The first-order valence-corrected chi connectivity index (χ1v) is 7.32. The fourth-order valence-electron chi connectivity index (χ4n) is 2.88. The number of aliphatic carboxylic acids is 1.